The van der Waals surface area contributed by atoms with Crippen LogP contribution in [-0.2, 0) is 33.1 Å². The number of fused-ring (bicyclic) bond motifs is 2. The fourth-order valence-corrected chi connectivity index (χ4v) is 8.10. The van der Waals surface area contributed by atoms with Crippen LogP contribution in [0.15, 0.2) is 89.7 Å². The average Bonchev–Trinajstić information content (AvgIpc) is 3.72. The monoisotopic (exact) mass is 630 g/mol. The van der Waals surface area contributed by atoms with Crippen LogP contribution in [0.5, 0.6) is 5.75 Å². The van der Waals surface area contributed by atoms with Crippen LogP contribution in [0.2, 0.25) is 0 Å². The minimum atomic E-state index is -1.44. The molecule has 0 radical (unpaired) electrons. The number of rotatable bonds is 10. The van der Waals surface area contributed by atoms with Gasteiger partial charge in [-0.25, -0.2) is 4.79 Å². The Kier molecular flexibility index (Phi) is 8.47. The van der Waals surface area contributed by atoms with E-state index in [-0.39, 0.29) is 0 Å². The van der Waals surface area contributed by atoms with Gasteiger partial charge in [-0.05, 0) is 66.0 Å². The SMILES string of the molecule is CCc1c(-c2ccc3c(c2)cc(CN2C[C@H]4CC(N(Cc5ccccc5)Cc5ccccc5)C[C@H]4C2)n3C)[nH]c(=O)c(C(=O)O)c1O. The highest BCUT2D eigenvalue weighted by atomic mass is 16.4. The van der Waals surface area contributed by atoms with Gasteiger partial charge in [0.05, 0.1) is 5.69 Å². The van der Waals surface area contributed by atoms with E-state index in [4.69, 9.17) is 0 Å². The average molecular weight is 631 g/mol. The first kappa shape index (κ1) is 31.0. The van der Waals surface area contributed by atoms with Gasteiger partial charge in [0, 0.05) is 68.0 Å². The van der Waals surface area contributed by atoms with Crippen molar-refractivity contribution in [2.45, 2.75) is 51.9 Å². The number of benzene rings is 3. The number of likely N-dealkylation sites (tertiary alicyclic amines) is 1. The second-order valence-electron chi connectivity index (χ2n) is 13.4. The summed E-state index contributed by atoms with van der Waals surface area (Å²) in [6.45, 7) is 6.86. The van der Waals surface area contributed by atoms with E-state index >= 15 is 0 Å². The summed E-state index contributed by atoms with van der Waals surface area (Å²) in [5.41, 5.74) is 5.27. The van der Waals surface area contributed by atoms with Crippen molar-refractivity contribution in [2.24, 2.45) is 18.9 Å². The molecule has 242 valence electrons. The van der Waals surface area contributed by atoms with E-state index in [1.54, 1.807) is 0 Å². The maximum Gasteiger partial charge on any atom is 0.345 e. The third kappa shape index (κ3) is 6.11. The Labute approximate surface area is 274 Å². The van der Waals surface area contributed by atoms with Crippen molar-refractivity contribution in [3.8, 4) is 17.0 Å². The van der Waals surface area contributed by atoms with Crippen LogP contribution in [-0.4, -0.2) is 54.7 Å². The first-order valence-electron chi connectivity index (χ1n) is 16.6. The zero-order chi connectivity index (χ0) is 32.7. The van der Waals surface area contributed by atoms with E-state index in [2.05, 4.69) is 93.1 Å². The summed E-state index contributed by atoms with van der Waals surface area (Å²) in [7, 11) is 2.10. The molecule has 7 rings (SSSR count). The van der Waals surface area contributed by atoms with E-state index in [9.17, 15) is 19.8 Å². The smallest absolute Gasteiger partial charge is 0.345 e. The molecule has 0 bridgehead atoms. The molecule has 1 aliphatic carbocycles. The number of carboxylic acid groups (broad SMARTS) is 1. The number of aromatic hydroxyl groups is 1. The third-order valence-corrected chi connectivity index (χ3v) is 10.4. The van der Waals surface area contributed by atoms with E-state index in [0.717, 1.165) is 49.2 Å². The third-order valence-electron chi connectivity index (χ3n) is 10.4. The van der Waals surface area contributed by atoms with Gasteiger partial charge in [-0.2, -0.15) is 0 Å². The van der Waals surface area contributed by atoms with Gasteiger partial charge in [-0.1, -0.05) is 73.7 Å². The normalized spacial score (nSPS) is 19.5. The number of pyridine rings is 1. The molecule has 47 heavy (non-hydrogen) atoms. The molecule has 3 N–H and O–H groups in total. The Morgan fingerprint density at radius 2 is 1.53 bits per heavy atom. The maximum atomic E-state index is 12.6. The molecular formula is C39H42N4O4. The highest BCUT2D eigenvalue weighted by Gasteiger charge is 2.42. The van der Waals surface area contributed by atoms with Gasteiger partial charge in [0.15, 0.2) is 5.56 Å². The minimum Gasteiger partial charge on any atom is -0.506 e. The molecule has 0 spiro atoms. The molecule has 2 fully saturated rings. The number of aromatic amines is 1. The summed E-state index contributed by atoms with van der Waals surface area (Å²) in [5, 5.41) is 21.1. The fraction of sp³-hybridized carbons (Fsp3) is 0.333. The summed E-state index contributed by atoms with van der Waals surface area (Å²) in [6.07, 6.45) is 2.83. The largest absolute Gasteiger partial charge is 0.506 e. The molecule has 3 aromatic carbocycles. The Hall–Kier alpha value is -4.66. The molecule has 3 atom stereocenters. The van der Waals surface area contributed by atoms with Crippen molar-refractivity contribution in [3.63, 3.8) is 0 Å². The zero-order valence-electron chi connectivity index (χ0n) is 27.0. The van der Waals surface area contributed by atoms with Gasteiger partial charge in [0.25, 0.3) is 5.56 Å². The number of aromatic carboxylic acids is 1. The lowest BCUT2D eigenvalue weighted by Crippen LogP contribution is -2.34. The number of aromatic nitrogens is 2. The fourth-order valence-electron chi connectivity index (χ4n) is 8.10. The van der Waals surface area contributed by atoms with Crippen LogP contribution >= 0.6 is 0 Å². The van der Waals surface area contributed by atoms with Crippen molar-refractivity contribution < 1.29 is 15.0 Å². The zero-order valence-corrected chi connectivity index (χ0v) is 27.0. The Morgan fingerprint density at radius 1 is 0.915 bits per heavy atom. The molecule has 5 aromatic rings. The van der Waals surface area contributed by atoms with E-state index in [1.807, 2.05) is 25.1 Å². The number of hydrogen-bond donors (Lipinski definition) is 3. The van der Waals surface area contributed by atoms with E-state index < -0.39 is 22.8 Å². The predicted octanol–water partition coefficient (Wildman–Crippen LogP) is 6.41. The van der Waals surface area contributed by atoms with Crippen LogP contribution in [0.3, 0.4) is 0 Å². The van der Waals surface area contributed by atoms with Gasteiger partial charge in [-0.3, -0.25) is 14.6 Å². The molecule has 8 heteroatoms. The highest BCUT2D eigenvalue weighted by molar-refractivity contribution is 5.92. The lowest BCUT2D eigenvalue weighted by Gasteiger charge is -2.30. The van der Waals surface area contributed by atoms with Crippen LogP contribution in [0.1, 0.15) is 52.5 Å². The van der Waals surface area contributed by atoms with Crippen molar-refractivity contribution in [1.29, 1.82) is 0 Å². The highest BCUT2D eigenvalue weighted by Crippen LogP contribution is 2.42. The molecule has 2 aromatic heterocycles. The first-order chi connectivity index (χ1) is 22.8. The van der Waals surface area contributed by atoms with Gasteiger partial charge in [0.2, 0.25) is 0 Å². The number of carbonyl (C=O) groups is 1. The molecule has 2 aliphatic rings. The van der Waals surface area contributed by atoms with Gasteiger partial charge in [-0.15, -0.1) is 0 Å². The van der Waals surface area contributed by atoms with Gasteiger partial charge < -0.3 is 19.8 Å². The van der Waals surface area contributed by atoms with Crippen LogP contribution in [0.4, 0.5) is 0 Å². The number of nitrogens with one attached hydrogen (secondary N) is 1. The second kappa shape index (κ2) is 12.9. The molecule has 1 unspecified atom stereocenters. The Balaban J connectivity index is 1.06. The summed E-state index contributed by atoms with van der Waals surface area (Å²) in [4.78, 5) is 32.2. The number of hydrogen-bond acceptors (Lipinski definition) is 5. The van der Waals surface area contributed by atoms with Gasteiger partial charge >= 0.3 is 5.97 Å². The van der Waals surface area contributed by atoms with Gasteiger partial charge in [0.1, 0.15) is 5.75 Å². The topological polar surface area (TPSA) is 102 Å². The molecule has 1 saturated carbocycles. The molecule has 8 nitrogen and oxygen atoms in total. The lowest BCUT2D eigenvalue weighted by atomic mass is 9.99. The summed E-state index contributed by atoms with van der Waals surface area (Å²) >= 11 is 0. The Morgan fingerprint density at radius 3 is 2.11 bits per heavy atom. The quantitative estimate of drug-likeness (QED) is 0.165. The summed E-state index contributed by atoms with van der Waals surface area (Å²) < 4.78 is 2.24. The number of aryl methyl sites for hydroxylation is 1. The predicted molar refractivity (Wildman–Crippen MR) is 184 cm³/mol. The molecular weight excluding hydrogens is 588 g/mol. The molecule has 3 heterocycles. The number of H-pyrrole nitrogens is 1. The lowest BCUT2D eigenvalue weighted by molar-refractivity contribution is 0.0691. The minimum absolute atomic E-state index is 0.380. The first-order valence-corrected chi connectivity index (χ1v) is 16.6. The van der Waals surface area contributed by atoms with E-state index in [1.165, 1.54) is 29.7 Å². The van der Waals surface area contributed by atoms with Crippen molar-refractivity contribution >= 4 is 16.9 Å². The number of carboxylic acids is 1. The molecule has 0 amide bonds. The molecule has 1 aliphatic heterocycles. The summed E-state index contributed by atoms with van der Waals surface area (Å²) in [6, 6.07) is 30.4. The van der Waals surface area contributed by atoms with Crippen LogP contribution < -0.4 is 5.56 Å². The Bertz CT molecular complexity index is 1910. The van der Waals surface area contributed by atoms with Crippen molar-refractivity contribution in [1.82, 2.24) is 19.4 Å². The van der Waals surface area contributed by atoms with Crippen LogP contribution in [0.25, 0.3) is 22.2 Å². The summed E-state index contributed by atoms with van der Waals surface area (Å²) in [5.74, 6) is -0.508. The number of nitrogens with zero attached hydrogens (tertiary/aromatic N) is 3. The maximum absolute atomic E-state index is 12.6. The second-order valence-corrected chi connectivity index (χ2v) is 13.4. The van der Waals surface area contributed by atoms with Crippen molar-refractivity contribution in [2.75, 3.05) is 13.1 Å². The van der Waals surface area contributed by atoms with Crippen LogP contribution in [0, 0.1) is 11.8 Å². The van der Waals surface area contributed by atoms with Crippen molar-refractivity contribution in [3.05, 3.63) is 123 Å². The standard InChI is InChI=1S/C39H42N4O4/c1-3-33-36(40-38(45)35(37(33)44)39(46)47)27-14-15-34-28(16-27)17-32(41(34)2)24-42-22-29-18-31(19-30(29)23-42)43(20-25-10-6-4-7-11-25)21-26-12-8-5-9-13-26/h4-17,29-31H,3,18-24H2,1-2H3,(H,46,47)(H2,40,44,45)/t29-,30+,31?. The van der Waals surface area contributed by atoms with E-state index in [0.29, 0.717) is 35.6 Å². The molecule has 1 saturated heterocycles.